The Morgan fingerprint density at radius 3 is 2.68 bits per heavy atom. The summed E-state index contributed by atoms with van der Waals surface area (Å²) in [6.45, 7) is 1.18. The molecule has 3 aromatic rings. The van der Waals surface area contributed by atoms with Crippen molar-refractivity contribution in [3.8, 4) is 0 Å². The summed E-state index contributed by atoms with van der Waals surface area (Å²) in [5, 5.41) is 0.774. The fraction of sp³-hybridized carbons (Fsp3) is 0.278. The SMILES string of the molecule is COCCn1c(SCc2cccc(C(F)(F)F)c2)nc2ccccc21. The van der Waals surface area contributed by atoms with Crippen LogP contribution in [-0.4, -0.2) is 23.3 Å². The number of aromatic nitrogens is 2. The number of halogens is 3. The molecule has 0 aliphatic carbocycles. The fourth-order valence-corrected chi connectivity index (χ4v) is 3.53. The number of nitrogens with zero attached hydrogens (tertiary/aromatic N) is 2. The van der Waals surface area contributed by atoms with Crippen molar-refractivity contribution in [3.63, 3.8) is 0 Å². The lowest BCUT2D eigenvalue weighted by Gasteiger charge is -2.10. The number of thioether (sulfide) groups is 1. The number of benzene rings is 2. The van der Waals surface area contributed by atoms with Gasteiger partial charge in [-0.2, -0.15) is 13.2 Å². The van der Waals surface area contributed by atoms with Gasteiger partial charge < -0.3 is 9.30 Å². The van der Waals surface area contributed by atoms with Crippen molar-refractivity contribution in [2.24, 2.45) is 0 Å². The monoisotopic (exact) mass is 366 g/mol. The van der Waals surface area contributed by atoms with Gasteiger partial charge in [0.05, 0.1) is 23.2 Å². The summed E-state index contributed by atoms with van der Waals surface area (Å²) < 4.78 is 45.7. The van der Waals surface area contributed by atoms with Gasteiger partial charge >= 0.3 is 6.18 Å². The molecule has 0 aliphatic heterocycles. The summed E-state index contributed by atoms with van der Waals surface area (Å²) in [5.74, 6) is 0.417. The Kier molecular flexibility index (Phi) is 5.34. The van der Waals surface area contributed by atoms with E-state index in [1.54, 1.807) is 13.2 Å². The number of imidazole rings is 1. The maximum atomic E-state index is 12.8. The molecular formula is C18H17F3N2OS. The van der Waals surface area contributed by atoms with Crippen LogP contribution in [0.2, 0.25) is 0 Å². The highest BCUT2D eigenvalue weighted by Crippen LogP contribution is 2.32. The second-order valence-electron chi connectivity index (χ2n) is 5.51. The number of methoxy groups -OCH3 is 1. The van der Waals surface area contributed by atoms with E-state index in [1.807, 2.05) is 28.8 Å². The first-order chi connectivity index (χ1) is 12.0. The summed E-state index contributed by atoms with van der Waals surface area (Å²) in [6, 6.07) is 13.2. The Bertz CT molecular complexity index is 861. The van der Waals surface area contributed by atoms with Crippen molar-refractivity contribution >= 4 is 22.8 Å². The third kappa shape index (κ3) is 4.16. The highest BCUT2D eigenvalue weighted by atomic mass is 32.2. The normalized spacial score (nSPS) is 12.0. The van der Waals surface area contributed by atoms with E-state index in [0.717, 1.165) is 22.3 Å². The molecule has 0 bridgehead atoms. The number of rotatable bonds is 6. The lowest BCUT2D eigenvalue weighted by Crippen LogP contribution is -2.06. The van der Waals surface area contributed by atoms with Crippen molar-refractivity contribution in [3.05, 3.63) is 59.7 Å². The molecule has 7 heteroatoms. The number of para-hydroxylation sites is 2. The molecule has 1 heterocycles. The van der Waals surface area contributed by atoms with Crippen LogP contribution in [0.3, 0.4) is 0 Å². The average Bonchev–Trinajstić information content (AvgIpc) is 2.95. The summed E-state index contributed by atoms with van der Waals surface area (Å²) in [5.41, 5.74) is 1.85. The minimum atomic E-state index is -4.33. The summed E-state index contributed by atoms with van der Waals surface area (Å²) in [7, 11) is 1.63. The second kappa shape index (κ2) is 7.49. The molecule has 0 aliphatic rings. The van der Waals surface area contributed by atoms with E-state index < -0.39 is 11.7 Å². The van der Waals surface area contributed by atoms with E-state index in [0.29, 0.717) is 24.5 Å². The van der Waals surface area contributed by atoms with Gasteiger partial charge in [-0.3, -0.25) is 0 Å². The lowest BCUT2D eigenvalue weighted by atomic mass is 10.1. The molecule has 0 saturated heterocycles. The number of hydrogen-bond donors (Lipinski definition) is 0. The smallest absolute Gasteiger partial charge is 0.383 e. The standard InChI is InChI=1S/C18H17F3N2OS/c1-24-10-9-23-16-8-3-2-7-15(16)22-17(23)25-12-13-5-4-6-14(11-13)18(19,20)21/h2-8,11H,9-10,12H2,1H3. The molecule has 3 rings (SSSR count). The zero-order chi connectivity index (χ0) is 17.9. The number of ether oxygens (including phenoxy) is 1. The maximum absolute atomic E-state index is 12.8. The van der Waals surface area contributed by atoms with E-state index in [2.05, 4.69) is 4.98 Å². The Morgan fingerprint density at radius 2 is 1.92 bits per heavy atom. The molecule has 0 radical (unpaired) electrons. The first kappa shape index (κ1) is 17.8. The predicted octanol–water partition coefficient (Wildman–Crippen LogP) is 4.99. The van der Waals surface area contributed by atoms with Crippen molar-refractivity contribution in [2.45, 2.75) is 23.6 Å². The van der Waals surface area contributed by atoms with Gasteiger partial charge in [-0.1, -0.05) is 42.1 Å². The van der Waals surface area contributed by atoms with Crippen LogP contribution in [0.25, 0.3) is 11.0 Å². The molecular weight excluding hydrogens is 349 g/mol. The first-order valence-corrected chi connectivity index (χ1v) is 8.71. The van der Waals surface area contributed by atoms with E-state index in [1.165, 1.54) is 23.9 Å². The molecule has 132 valence electrons. The number of hydrogen-bond acceptors (Lipinski definition) is 3. The topological polar surface area (TPSA) is 27.1 Å². The van der Waals surface area contributed by atoms with E-state index in [-0.39, 0.29) is 0 Å². The Morgan fingerprint density at radius 1 is 1.12 bits per heavy atom. The summed E-state index contributed by atoms with van der Waals surface area (Å²) >= 11 is 1.42. The Hall–Kier alpha value is -1.99. The van der Waals surface area contributed by atoms with Gasteiger partial charge in [0.15, 0.2) is 5.16 Å². The molecule has 0 spiro atoms. The highest BCUT2D eigenvalue weighted by Gasteiger charge is 2.30. The van der Waals surface area contributed by atoms with Crippen molar-refractivity contribution in [2.75, 3.05) is 13.7 Å². The number of fused-ring (bicyclic) bond motifs is 1. The van der Waals surface area contributed by atoms with Crippen LogP contribution in [0.4, 0.5) is 13.2 Å². The van der Waals surface area contributed by atoms with Crippen LogP contribution in [0, 0.1) is 0 Å². The van der Waals surface area contributed by atoms with Gasteiger partial charge in [0.2, 0.25) is 0 Å². The quantitative estimate of drug-likeness (QED) is 0.575. The van der Waals surface area contributed by atoms with Crippen molar-refractivity contribution < 1.29 is 17.9 Å². The fourth-order valence-electron chi connectivity index (χ4n) is 2.55. The molecule has 25 heavy (non-hydrogen) atoms. The van der Waals surface area contributed by atoms with Crippen LogP contribution in [-0.2, 0) is 23.2 Å². The molecule has 3 nitrogen and oxygen atoms in total. The zero-order valence-electron chi connectivity index (χ0n) is 13.6. The van der Waals surface area contributed by atoms with Crippen LogP contribution >= 0.6 is 11.8 Å². The van der Waals surface area contributed by atoms with Crippen LogP contribution < -0.4 is 0 Å². The van der Waals surface area contributed by atoms with E-state index in [9.17, 15) is 13.2 Å². The largest absolute Gasteiger partial charge is 0.416 e. The van der Waals surface area contributed by atoms with Gasteiger partial charge in [-0.15, -0.1) is 0 Å². The molecule has 0 N–H and O–H groups in total. The Balaban J connectivity index is 1.83. The van der Waals surface area contributed by atoms with E-state index in [4.69, 9.17) is 4.74 Å². The van der Waals surface area contributed by atoms with Gasteiger partial charge in [0, 0.05) is 19.4 Å². The summed E-state index contributed by atoms with van der Waals surface area (Å²) in [4.78, 5) is 4.60. The Labute approximate surface area is 147 Å². The molecule has 0 atom stereocenters. The maximum Gasteiger partial charge on any atom is 0.416 e. The molecule has 2 aromatic carbocycles. The van der Waals surface area contributed by atoms with Gasteiger partial charge in [0.25, 0.3) is 0 Å². The third-order valence-corrected chi connectivity index (χ3v) is 4.81. The lowest BCUT2D eigenvalue weighted by molar-refractivity contribution is -0.137. The van der Waals surface area contributed by atoms with Crippen LogP contribution in [0.5, 0.6) is 0 Å². The van der Waals surface area contributed by atoms with Gasteiger partial charge in [-0.25, -0.2) is 4.98 Å². The van der Waals surface area contributed by atoms with Crippen molar-refractivity contribution in [1.29, 1.82) is 0 Å². The molecule has 0 unspecified atom stereocenters. The zero-order valence-corrected chi connectivity index (χ0v) is 14.4. The molecule has 0 fully saturated rings. The van der Waals surface area contributed by atoms with Crippen molar-refractivity contribution in [1.82, 2.24) is 9.55 Å². The van der Waals surface area contributed by atoms with Gasteiger partial charge in [0.1, 0.15) is 0 Å². The molecule has 0 amide bonds. The minimum Gasteiger partial charge on any atom is -0.383 e. The van der Waals surface area contributed by atoms with E-state index >= 15 is 0 Å². The second-order valence-corrected chi connectivity index (χ2v) is 6.46. The molecule has 1 aromatic heterocycles. The highest BCUT2D eigenvalue weighted by molar-refractivity contribution is 7.98. The number of alkyl halides is 3. The third-order valence-electron chi connectivity index (χ3n) is 3.76. The summed E-state index contributed by atoms with van der Waals surface area (Å²) in [6.07, 6.45) is -4.33. The van der Waals surface area contributed by atoms with Crippen LogP contribution in [0.15, 0.2) is 53.7 Å². The average molecular weight is 366 g/mol. The van der Waals surface area contributed by atoms with Gasteiger partial charge in [-0.05, 0) is 23.8 Å². The van der Waals surface area contributed by atoms with Crippen LogP contribution in [0.1, 0.15) is 11.1 Å². The first-order valence-electron chi connectivity index (χ1n) is 7.72. The minimum absolute atomic E-state index is 0.417. The predicted molar refractivity (Wildman–Crippen MR) is 92.6 cm³/mol. The molecule has 0 saturated carbocycles.